The molecule has 0 amide bonds. The molecule has 2 rings (SSSR count). The highest BCUT2D eigenvalue weighted by Gasteiger charge is 2.17. The quantitative estimate of drug-likeness (QED) is 0.363. The van der Waals surface area contributed by atoms with Gasteiger partial charge in [0.05, 0.1) is 26.2 Å². The van der Waals surface area contributed by atoms with Gasteiger partial charge in [-0.15, -0.1) is 0 Å². The molecule has 0 aliphatic rings. The van der Waals surface area contributed by atoms with Crippen molar-refractivity contribution in [2.75, 3.05) is 19.8 Å². The molecule has 0 aliphatic heterocycles. The molecule has 1 unspecified atom stereocenters. The standard InChI is InChI=1S/C22H24O5/c1-3-27-20(23)13-14-26-15-16(2)21(24)18-9-11-19(12-10-18)22(25)17-7-5-4-6-8-17/h4-12,16H,3,13-15H2,1-2H3. The third kappa shape index (κ3) is 6.15. The lowest BCUT2D eigenvalue weighted by atomic mass is 9.97. The van der Waals surface area contributed by atoms with Gasteiger partial charge in [0, 0.05) is 22.6 Å². The maximum Gasteiger partial charge on any atom is 0.308 e. The maximum absolute atomic E-state index is 12.5. The van der Waals surface area contributed by atoms with Crippen LogP contribution >= 0.6 is 0 Å². The molecule has 0 aliphatic carbocycles. The fourth-order valence-corrected chi connectivity index (χ4v) is 2.55. The van der Waals surface area contributed by atoms with Crippen LogP contribution in [0.2, 0.25) is 0 Å². The molecule has 0 radical (unpaired) electrons. The van der Waals surface area contributed by atoms with Crippen LogP contribution in [-0.4, -0.2) is 37.4 Å². The number of carbonyl (C=O) groups is 3. The molecule has 0 spiro atoms. The smallest absolute Gasteiger partial charge is 0.308 e. The van der Waals surface area contributed by atoms with Crippen molar-refractivity contribution in [1.82, 2.24) is 0 Å². The molecule has 27 heavy (non-hydrogen) atoms. The van der Waals surface area contributed by atoms with E-state index >= 15 is 0 Å². The van der Waals surface area contributed by atoms with E-state index in [4.69, 9.17) is 9.47 Å². The van der Waals surface area contributed by atoms with Gasteiger partial charge in [-0.25, -0.2) is 0 Å². The summed E-state index contributed by atoms with van der Waals surface area (Å²) in [4.78, 5) is 36.1. The Balaban J connectivity index is 1.87. The molecule has 5 heteroatoms. The van der Waals surface area contributed by atoms with E-state index in [-0.39, 0.29) is 43.1 Å². The van der Waals surface area contributed by atoms with Gasteiger partial charge in [-0.1, -0.05) is 61.5 Å². The zero-order valence-corrected chi connectivity index (χ0v) is 15.6. The summed E-state index contributed by atoms with van der Waals surface area (Å²) in [5.74, 6) is -0.798. The number of hydrogen-bond acceptors (Lipinski definition) is 5. The first kappa shape index (κ1) is 20.5. The van der Waals surface area contributed by atoms with E-state index in [1.54, 1.807) is 50.2 Å². The number of hydrogen-bond donors (Lipinski definition) is 0. The first-order valence-corrected chi connectivity index (χ1v) is 9.00. The predicted molar refractivity (Wildman–Crippen MR) is 102 cm³/mol. The van der Waals surface area contributed by atoms with Gasteiger partial charge in [-0.2, -0.15) is 0 Å². The Labute approximate surface area is 159 Å². The Morgan fingerprint density at radius 1 is 0.889 bits per heavy atom. The van der Waals surface area contributed by atoms with Gasteiger partial charge in [0.1, 0.15) is 0 Å². The second kappa shape index (κ2) is 10.4. The van der Waals surface area contributed by atoms with Crippen molar-refractivity contribution >= 4 is 17.5 Å². The zero-order valence-electron chi connectivity index (χ0n) is 15.6. The largest absolute Gasteiger partial charge is 0.466 e. The molecule has 0 N–H and O–H groups in total. The summed E-state index contributed by atoms with van der Waals surface area (Å²) in [5, 5.41) is 0. The minimum Gasteiger partial charge on any atom is -0.466 e. The molecule has 2 aromatic carbocycles. The van der Waals surface area contributed by atoms with Crippen molar-refractivity contribution < 1.29 is 23.9 Å². The molecular formula is C22H24O5. The van der Waals surface area contributed by atoms with Crippen molar-refractivity contribution in [1.29, 1.82) is 0 Å². The van der Waals surface area contributed by atoms with E-state index in [0.29, 0.717) is 23.3 Å². The summed E-state index contributed by atoms with van der Waals surface area (Å²) >= 11 is 0. The molecule has 5 nitrogen and oxygen atoms in total. The van der Waals surface area contributed by atoms with Crippen LogP contribution in [0.4, 0.5) is 0 Å². The van der Waals surface area contributed by atoms with E-state index in [9.17, 15) is 14.4 Å². The molecule has 142 valence electrons. The van der Waals surface area contributed by atoms with Crippen LogP contribution in [0.3, 0.4) is 0 Å². The zero-order chi connectivity index (χ0) is 19.6. The summed E-state index contributed by atoms with van der Waals surface area (Å²) in [6, 6.07) is 15.7. The summed E-state index contributed by atoms with van der Waals surface area (Å²) in [7, 11) is 0. The van der Waals surface area contributed by atoms with Crippen molar-refractivity contribution in [3.8, 4) is 0 Å². The van der Waals surface area contributed by atoms with Gasteiger partial charge in [-0.3, -0.25) is 14.4 Å². The average molecular weight is 368 g/mol. The lowest BCUT2D eigenvalue weighted by Crippen LogP contribution is -2.19. The fourth-order valence-electron chi connectivity index (χ4n) is 2.55. The Bertz CT molecular complexity index is 765. The van der Waals surface area contributed by atoms with E-state index in [2.05, 4.69) is 0 Å². The third-order valence-corrected chi connectivity index (χ3v) is 4.04. The SMILES string of the molecule is CCOC(=O)CCOCC(C)C(=O)c1ccc(C(=O)c2ccccc2)cc1. The molecule has 1 atom stereocenters. The van der Waals surface area contributed by atoms with Gasteiger partial charge in [0.25, 0.3) is 0 Å². The normalized spacial score (nSPS) is 11.6. The second-order valence-electron chi connectivity index (χ2n) is 6.17. The first-order valence-electron chi connectivity index (χ1n) is 9.00. The molecule has 0 heterocycles. The number of rotatable bonds is 10. The first-order chi connectivity index (χ1) is 13.0. The van der Waals surface area contributed by atoms with Crippen molar-refractivity contribution in [2.24, 2.45) is 5.92 Å². The van der Waals surface area contributed by atoms with Crippen molar-refractivity contribution in [3.63, 3.8) is 0 Å². The Hall–Kier alpha value is -2.79. The Morgan fingerprint density at radius 3 is 2.11 bits per heavy atom. The topological polar surface area (TPSA) is 69.7 Å². The number of benzene rings is 2. The summed E-state index contributed by atoms with van der Waals surface area (Å²) in [5.41, 5.74) is 1.68. The highest BCUT2D eigenvalue weighted by atomic mass is 16.5. The van der Waals surface area contributed by atoms with Gasteiger partial charge < -0.3 is 9.47 Å². The van der Waals surface area contributed by atoms with Crippen LogP contribution < -0.4 is 0 Å². The van der Waals surface area contributed by atoms with Gasteiger partial charge in [-0.05, 0) is 6.92 Å². The highest BCUT2D eigenvalue weighted by Crippen LogP contribution is 2.14. The third-order valence-electron chi connectivity index (χ3n) is 4.04. The van der Waals surface area contributed by atoms with Crippen LogP contribution in [0.1, 0.15) is 46.5 Å². The van der Waals surface area contributed by atoms with Gasteiger partial charge >= 0.3 is 5.97 Å². The second-order valence-corrected chi connectivity index (χ2v) is 6.17. The lowest BCUT2D eigenvalue weighted by Gasteiger charge is -2.11. The summed E-state index contributed by atoms with van der Waals surface area (Å²) < 4.78 is 10.2. The molecule has 0 aromatic heterocycles. The van der Waals surface area contributed by atoms with E-state index in [0.717, 1.165) is 0 Å². The van der Waals surface area contributed by atoms with Crippen molar-refractivity contribution in [2.45, 2.75) is 20.3 Å². The highest BCUT2D eigenvalue weighted by molar-refractivity contribution is 6.09. The summed E-state index contributed by atoms with van der Waals surface area (Å²) in [6.45, 7) is 4.31. The van der Waals surface area contributed by atoms with Crippen LogP contribution in [-0.2, 0) is 14.3 Å². The van der Waals surface area contributed by atoms with E-state index in [1.807, 2.05) is 18.2 Å². The number of ketones is 2. The van der Waals surface area contributed by atoms with Crippen LogP contribution in [0, 0.1) is 5.92 Å². The van der Waals surface area contributed by atoms with Gasteiger partial charge in [0.2, 0.25) is 0 Å². The van der Waals surface area contributed by atoms with E-state index < -0.39 is 0 Å². The molecule has 0 bridgehead atoms. The lowest BCUT2D eigenvalue weighted by molar-refractivity contribution is -0.144. The van der Waals surface area contributed by atoms with Gasteiger partial charge in [0.15, 0.2) is 11.6 Å². The Morgan fingerprint density at radius 2 is 1.48 bits per heavy atom. The minimum atomic E-state index is -0.345. The molecule has 0 saturated carbocycles. The molecular weight excluding hydrogens is 344 g/mol. The average Bonchev–Trinajstić information content (AvgIpc) is 2.71. The van der Waals surface area contributed by atoms with E-state index in [1.165, 1.54) is 0 Å². The number of carbonyl (C=O) groups excluding carboxylic acids is 3. The maximum atomic E-state index is 12.5. The minimum absolute atomic E-state index is 0.0650. The van der Waals surface area contributed by atoms with Crippen molar-refractivity contribution in [3.05, 3.63) is 71.3 Å². The van der Waals surface area contributed by atoms with Crippen LogP contribution in [0.5, 0.6) is 0 Å². The monoisotopic (exact) mass is 368 g/mol. The fraction of sp³-hybridized carbons (Fsp3) is 0.318. The number of Topliss-reactive ketones (excluding diaryl/α,β-unsaturated/α-hetero) is 1. The Kier molecular flexibility index (Phi) is 7.89. The number of esters is 1. The number of ether oxygens (including phenoxy) is 2. The molecule has 0 fully saturated rings. The summed E-state index contributed by atoms with van der Waals surface area (Å²) in [6.07, 6.45) is 0.172. The predicted octanol–water partition coefficient (Wildman–Crippen LogP) is 3.71. The van der Waals surface area contributed by atoms with Crippen LogP contribution in [0.25, 0.3) is 0 Å². The molecule has 0 saturated heterocycles. The van der Waals surface area contributed by atoms with Crippen LogP contribution in [0.15, 0.2) is 54.6 Å². The molecule has 2 aromatic rings.